The number of methoxy groups -OCH3 is 1. The van der Waals surface area contributed by atoms with Crippen molar-refractivity contribution in [3.8, 4) is 5.75 Å². The Hall–Kier alpha value is -2.57. The number of carbonyl (C=O) groups excluding carboxylic acids is 3. The van der Waals surface area contributed by atoms with Gasteiger partial charge in [-0.2, -0.15) is 0 Å². The number of urea groups is 1. The lowest BCUT2D eigenvalue weighted by molar-refractivity contribution is -0.132. The molecule has 0 saturated carbocycles. The number of carbonyl (C=O) groups is 3. The average Bonchev–Trinajstić information content (AvgIpc) is 3.07. The number of nitrogens with one attached hydrogen (secondary N) is 1. The van der Waals surface area contributed by atoms with Gasteiger partial charge >= 0.3 is 6.03 Å². The molecule has 2 aliphatic rings. The summed E-state index contributed by atoms with van der Waals surface area (Å²) < 4.78 is 5.34. The molecule has 1 aromatic carbocycles. The minimum absolute atomic E-state index is 0.00620. The van der Waals surface area contributed by atoms with Crippen molar-refractivity contribution in [3.63, 3.8) is 0 Å². The molecule has 2 fully saturated rings. The third kappa shape index (κ3) is 3.81. The van der Waals surface area contributed by atoms with Crippen LogP contribution in [0.2, 0.25) is 0 Å². The smallest absolute Gasteiger partial charge is 0.317 e. The average molecular weight is 359 g/mol. The predicted octanol–water partition coefficient (Wildman–Crippen LogP) is 1.46. The third-order valence-corrected chi connectivity index (χ3v) is 5.11. The largest absolute Gasteiger partial charge is 0.496 e. The van der Waals surface area contributed by atoms with E-state index in [4.69, 9.17) is 4.74 Å². The molecule has 3 rings (SSSR count). The SMILES string of the molecule is COc1ccc(C(C)=O)cc1CC(=O)N1CCCC(N2CCNC2=O)C1. The molecule has 0 spiro atoms. The van der Waals surface area contributed by atoms with Crippen molar-refractivity contribution in [1.29, 1.82) is 0 Å². The van der Waals surface area contributed by atoms with Gasteiger partial charge in [-0.1, -0.05) is 0 Å². The summed E-state index contributed by atoms with van der Waals surface area (Å²) in [5, 5.41) is 2.82. The Morgan fingerprint density at radius 1 is 1.31 bits per heavy atom. The highest BCUT2D eigenvalue weighted by Gasteiger charge is 2.32. The van der Waals surface area contributed by atoms with Crippen molar-refractivity contribution in [1.82, 2.24) is 15.1 Å². The fourth-order valence-corrected chi connectivity index (χ4v) is 3.68. The summed E-state index contributed by atoms with van der Waals surface area (Å²) in [5.74, 6) is 0.559. The van der Waals surface area contributed by atoms with E-state index in [2.05, 4.69) is 5.32 Å². The van der Waals surface area contributed by atoms with Gasteiger partial charge in [-0.15, -0.1) is 0 Å². The van der Waals surface area contributed by atoms with Crippen LogP contribution < -0.4 is 10.1 Å². The van der Waals surface area contributed by atoms with Crippen LogP contribution in [0.1, 0.15) is 35.7 Å². The molecule has 26 heavy (non-hydrogen) atoms. The summed E-state index contributed by atoms with van der Waals surface area (Å²) >= 11 is 0. The van der Waals surface area contributed by atoms with Crippen LogP contribution in [-0.4, -0.2) is 66.9 Å². The maximum Gasteiger partial charge on any atom is 0.317 e. The van der Waals surface area contributed by atoms with Crippen LogP contribution >= 0.6 is 0 Å². The van der Waals surface area contributed by atoms with Gasteiger partial charge in [0, 0.05) is 37.3 Å². The van der Waals surface area contributed by atoms with Gasteiger partial charge in [-0.05, 0) is 38.0 Å². The number of amides is 3. The molecule has 2 saturated heterocycles. The lowest BCUT2D eigenvalue weighted by Gasteiger charge is -2.37. The Morgan fingerprint density at radius 2 is 2.12 bits per heavy atom. The number of Topliss-reactive ketones (excluding diaryl/α,β-unsaturated/α-hetero) is 1. The Balaban J connectivity index is 1.70. The first-order valence-electron chi connectivity index (χ1n) is 8.99. The lowest BCUT2D eigenvalue weighted by Crippen LogP contribution is -2.51. The summed E-state index contributed by atoms with van der Waals surface area (Å²) in [7, 11) is 1.56. The van der Waals surface area contributed by atoms with E-state index in [1.54, 1.807) is 25.3 Å². The second kappa shape index (κ2) is 7.76. The maximum absolute atomic E-state index is 12.8. The second-order valence-electron chi connectivity index (χ2n) is 6.82. The van der Waals surface area contributed by atoms with Crippen molar-refractivity contribution in [2.75, 3.05) is 33.3 Å². The molecule has 0 aromatic heterocycles. The molecule has 3 amide bonds. The molecule has 0 bridgehead atoms. The van der Waals surface area contributed by atoms with Crippen LogP contribution in [0.3, 0.4) is 0 Å². The molecule has 1 N–H and O–H groups in total. The number of nitrogens with zero attached hydrogens (tertiary/aromatic N) is 2. The Morgan fingerprint density at radius 3 is 2.77 bits per heavy atom. The molecular formula is C19H25N3O4. The first kappa shape index (κ1) is 18.2. The van der Waals surface area contributed by atoms with Gasteiger partial charge in [0.25, 0.3) is 0 Å². The van der Waals surface area contributed by atoms with E-state index >= 15 is 0 Å². The number of likely N-dealkylation sites (tertiary alicyclic amines) is 1. The second-order valence-corrected chi connectivity index (χ2v) is 6.82. The molecule has 140 valence electrons. The molecule has 1 atom stereocenters. The normalized spacial score (nSPS) is 20.1. The van der Waals surface area contributed by atoms with Crippen LogP contribution in [0.15, 0.2) is 18.2 Å². The van der Waals surface area contributed by atoms with Crippen molar-refractivity contribution < 1.29 is 19.1 Å². The van der Waals surface area contributed by atoms with E-state index in [0.717, 1.165) is 12.8 Å². The molecule has 7 heteroatoms. The first-order chi connectivity index (χ1) is 12.5. The Labute approximate surface area is 153 Å². The molecular weight excluding hydrogens is 334 g/mol. The summed E-state index contributed by atoms with van der Waals surface area (Å²) in [6.45, 7) is 4.11. The number of ether oxygens (including phenoxy) is 1. The number of rotatable bonds is 5. The van der Waals surface area contributed by atoms with E-state index in [0.29, 0.717) is 43.1 Å². The summed E-state index contributed by atoms with van der Waals surface area (Å²) in [5.41, 5.74) is 1.28. The number of hydrogen-bond acceptors (Lipinski definition) is 4. The van der Waals surface area contributed by atoms with Gasteiger partial charge in [0.05, 0.1) is 19.6 Å². The minimum Gasteiger partial charge on any atom is -0.496 e. The zero-order valence-electron chi connectivity index (χ0n) is 15.3. The molecule has 1 unspecified atom stereocenters. The van der Waals surface area contributed by atoms with E-state index in [-0.39, 0.29) is 30.2 Å². The minimum atomic E-state index is -0.0422. The van der Waals surface area contributed by atoms with Crippen LogP contribution in [0.25, 0.3) is 0 Å². The zero-order chi connectivity index (χ0) is 18.7. The van der Waals surface area contributed by atoms with E-state index in [9.17, 15) is 14.4 Å². The third-order valence-electron chi connectivity index (χ3n) is 5.11. The van der Waals surface area contributed by atoms with Crippen molar-refractivity contribution >= 4 is 17.7 Å². The Bertz CT molecular complexity index is 719. The van der Waals surface area contributed by atoms with E-state index in [1.165, 1.54) is 6.92 Å². The van der Waals surface area contributed by atoms with Gasteiger partial charge in [0.15, 0.2) is 5.78 Å². The molecule has 1 aromatic rings. The van der Waals surface area contributed by atoms with Crippen molar-refractivity contribution in [2.24, 2.45) is 0 Å². The summed E-state index contributed by atoms with van der Waals surface area (Å²) in [6.07, 6.45) is 1.98. The fourth-order valence-electron chi connectivity index (χ4n) is 3.68. The highest BCUT2D eigenvalue weighted by molar-refractivity contribution is 5.94. The lowest BCUT2D eigenvalue weighted by atomic mass is 10.0. The van der Waals surface area contributed by atoms with Crippen molar-refractivity contribution in [3.05, 3.63) is 29.3 Å². The number of hydrogen-bond donors (Lipinski definition) is 1. The zero-order valence-corrected chi connectivity index (χ0v) is 15.3. The fraction of sp³-hybridized carbons (Fsp3) is 0.526. The van der Waals surface area contributed by atoms with E-state index in [1.807, 2.05) is 9.80 Å². The molecule has 2 aliphatic heterocycles. The van der Waals surface area contributed by atoms with Gasteiger partial charge in [0.1, 0.15) is 5.75 Å². The highest BCUT2D eigenvalue weighted by Crippen LogP contribution is 2.23. The van der Waals surface area contributed by atoms with E-state index < -0.39 is 0 Å². The van der Waals surface area contributed by atoms with Gasteiger partial charge in [-0.25, -0.2) is 4.79 Å². The standard InChI is InChI=1S/C19H25N3O4/c1-13(23)14-5-6-17(26-2)15(10-14)11-18(24)21-8-3-4-16(12-21)22-9-7-20-19(22)25/h5-6,10,16H,3-4,7-9,11-12H2,1-2H3,(H,20,25). The predicted molar refractivity (Wildman–Crippen MR) is 96.4 cm³/mol. The molecule has 0 aliphatic carbocycles. The topological polar surface area (TPSA) is 79.0 Å². The summed E-state index contributed by atoms with van der Waals surface area (Å²) in [4.78, 5) is 40.0. The number of piperidine rings is 1. The van der Waals surface area contributed by atoms with Crippen molar-refractivity contribution in [2.45, 2.75) is 32.2 Å². The van der Waals surface area contributed by atoms with Crippen LogP contribution in [-0.2, 0) is 11.2 Å². The van der Waals surface area contributed by atoms with Gasteiger partial charge in [0.2, 0.25) is 5.91 Å². The molecule has 2 heterocycles. The van der Waals surface area contributed by atoms with Gasteiger partial charge in [-0.3, -0.25) is 9.59 Å². The quantitative estimate of drug-likeness (QED) is 0.807. The first-order valence-corrected chi connectivity index (χ1v) is 8.99. The van der Waals surface area contributed by atoms with Crippen LogP contribution in [0.5, 0.6) is 5.75 Å². The molecule has 0 radical (unpaired) electrons. The summed E-state index contributed by atoms with van der Waals surface area (Å²) in [6, 6.07) is 5.19. The Kier molecular flexibility index (Phi) is 5.44. The highest BCUT2D eigenvalue weighted by atomic mass is 16.5. The number of ketones is 1. The maximum atomic E-state index is 12.8. The van der Waals surface area contributed by atoms with Gasteiger partial charge < -0.3 is 19.9 Å². The van der Waals surface area contributed by atoms with Crippen LogP contribution in [0, 0.1) is 0 Å². The monoisotopic (exact) mass is 359 g/mol. The molecule has 7 nitrogen and oxygen atoms in total. The number of benzene rings is 1. The van der Waals surface area contributed by atoms with Crippen LogP contribution in [0.4, 0.5) is 4.79 Å².